The van der Waals surface area contributed by atoms with Crippen molar-refractivity contribution in [2.75, 3.05) is 0 Å². The van der Waals surface area contributed by atoms with Crippen LogP contribution in [0.3, 0.4) is 0 Å². The van der Waals surface area contributed by atoms with Gasteiger partial charge >= 0.3 is 0 Å². The first-order valence-electron chi connectivity index (χ1n) is 7.06. The van der Waals surface area contributed by atoms with Crippen LogP contribution < -0.4 is 0 Å². The molecule has 1 aliphatic rings. The Labute approximate surface area is 118 Å². The van der Waals surface area contributed by atoms with E-state index in [2.05, 4.69) is 6.92 Å². The van der Waals surface area contributed by atoms with Crippen LogP contribution in [0.1, 0.15) is 35.7 Å². The summed E-state index contributed by atoms with van der Waals surface area (Å²) in [6.07, 6.45) is 2.44. The smallest absolute Gasteiger partial charge is 0.163 e. The maximum atomic E-state index is 13.9. The predicted octanol–water partition coefficient (Wildman–Crippen LogP) is 4.65. The second-order valence-electron chi connectivity index (χ2n) is 5.62. The predicted molar refractivity (Wildman–Crippen MR) is 78.3 cm³/mol. The average molecular weight is 268 g/mol. The van der Waals surface area contributed by atoms with Gasteiger partial charge in [-0.15, -0.1) is 0 Å². The van der Waals surface area contributed by atoms with E-state index in [4.69, 9.17) is 0 Å². The molecule has 1 atom stereocenters. The summed E-state index contributed by atoms with van der Waals surface area (Å²) >= 11 is 0. The van der Waals surface area contributed by atoms with E-state index in [1.54, 1.807) is 12.1 Å². The Kier molecular flexibility index (Phi) is 3.39. The van der Waals surface area contributed by atoms with Gasteiger partial charge in [0.25, 0.3) is 0 Å². The molecule has 2 aromatic carbocycles. The number of carbonyl (C=O) groups excluding carboxylic acids is 1. The van der Waals surface area contributed by atoms with Crippen LogP contribution in [0.15, 0.2) is 42.5 Å². The lowest BCUT2D eigenvalue weighted by Gasteiger charge is -2.11. The van der Waals surface area contributed by atoms with Crippen LogP contribution >= 0.6 is 0 Å². The van der Waals surface area contributed by atoms with E-state index in [1.165, 1.54) is 6.07 Å². The van der Waals surface area contributed by atoms with E-state index in [0.717, 1.165) is 29.5 Å². The van der Waals surface area contributed by atoms with Crippen molar-refractivity contribution in [3.05, 3.63) is 59.4 Å². The maximum absolute atomic E-state index is 13.9. The van der Waals surface area contributed by atoms with E-state index in [9.17, 15) is 9.18 Å². The number of ketones is 1. The Morgan fingerprint density at radius 2 is 1.90 bits per heavy atom. The van der Waals surface area contributed by atoms with Gasteiger partial charge in [-0.2, -0.15) is 0 Å². The zero-order valence-corrected chi connectivity index (χ0v) is 11.5. The summed E-state index contributed by atoms with van der Waals surface area (Å²) in [6, 6.07) is 12.5. The number of fused-ring (bicyclic) bond motifs is 1. The molecule has 0 saturated heterocycles. The molecular weight excluding hydrogens is 251 g/mol. The molecule has 0 saturated carbocycles. The summed E-state index contributed by atoms with van der Waals surface area (Å²) in [6.45, 7) is 2.16. The van der Waals surface area contributed by atoms with Crippen molar-refractivity contribution in [2.45, 2.75) is 26.2 Å². The van der Waals surface area contributed by atoms with Crippen LogP contribution in [0, 0.1) is 11.7 Å². The first kappa shape index (κ1) is 13.0. The minimum atomic E-state index is -0.222. The number of carbonyl (C=O) groups is 1. The molecular formula is C18H17FO. The number of halogens is 1. The van der Waals surface area contributed by atoms with Crippen LogP contribution in [0.25, 0.3) is 11.1 Å². The van der Waals surface area contributed by atoms with Gasteiger partial charge in [-0.3, -0.25) is 4.79 Å². The molecule has 2 heteroatoms. The highest BCUT2D eigenvalue weighted by atomic mass is 19.1. The van der Waals surface area contributed by atoms with Crippen LogP contribution in [0.4, 0.5) is 4.39 Å². The summed E-state index contributed by atoms with van der Waals surface area (Å²) in [5, 5.41) is 0. The quantitative estimate of drug-likeness (QED) is 0.688. The van der Waals surface area contributed by atoms with Crippen LogP contribution in [0.5, 0.6) is 0 Å². The number of hydrogen-bond donors (Lipinski definition) is 0. The third-order valence-corrected chi connectivity index (χ3v) is 4.02. The highest BCUT2D eigenvalue weighted by Crippen LogP contribution is 2.30. The van der Waals surface area contributed by atoms with Crippen molar-refractivity contribution in [3.8, 4) is 11.1 Å². The Morgan fingerprint density at radius 3 is 2.70 bits per heavy atom. The lowest BCUT2D eigenvalue weighted by molar-refractivity contribution is 0.0979. The normalized spacial score (nSPS) is 18.5. The van der Waals surface area contributed by atoms with Crippen LogP contribution in [-0.2, 0) is 6.42 Å². The molecule has 0 heterocycles. The van der Waals surface area contributed by atoms with Crippen LogP contribution in [-0.4, -0.2) is 5.78 Å². The van der Waals surface area contributed by atoms with E-state index >= 15 is 0 Å². The van der Waals surface area contributed by atoms with Gasteiger partial charge in [-0.25, -0.2) is 4.39 Å². The molecule has 2 aromatic rings. The van der Waals surface area contributed by atoms with Crippen molar-refractivity contribution in [1.82, 2.24) is 0 Å². The van der Waals surface area contributed by atoms with Gasteiger partial charge in [0.2, 0.25) is 0 Å². The Bertz CT molecular complexity index is 660. The van der Waals surface area contributed by atoms with Gasteiger partial charge in [0, 0.05) is 17.5 Å². The van der Waals surface area contributed by atoms with Crippen molar-refractivity contribution in [2.24, 2.45) is 5.92 Å². The van der Waals surface area contributed by atoms with Gasteiger partial charge in [-0.05, 0) is 36.0 Å². The molecule has 0 N–H and O–H groups in total. The lowest BCUT2D eigenvalue weighted by Crippen LogP contribution is -2.00. The average Bonchev–Trinajstić information content (AvgIpc) is 2.58. The number of Topliss-reactive ketones (excluding diaryl/α,β-unsaturated/α-hetero) is 1. The maximum Gasteiger partial charge on any atom is 0.163 e. The van der Waals surface area contributed by atoms with Crippen molar-refractivity contribution < 1.29 is 9.18 Å². The summed E-state index contributed by atoms with van der Waals surface area (Å²) in [7, 11) is 0. The molecule has 20 heavy (non-hydrogen) atoms. The van der Waals surface area contributed by atoms with E-state index in [1.807, 2.05) is 24.3 Å². The molecule has 0 radical (unpaired) electrons. The molecule has 1 nitrogen and oxygen atoms in total. The molecule has 0 amide bonds. The molecule has 0 spiro atoms. The zero-order chi connectivity index (χ0) is 14.1. The molecule has 102 valence electrons. The third-order valence-electron chi connectivity index (χ3n) is 4.02. The number of hydrogen-bond acceptors (Lipinski definition) is 1. The molecule has 0 aliphatic heterocycles. The summed E-state index contributed by atoms with van der Waals surface area (Å²) < 4.78 is 13.9. The van der Waals surface area contributed by atoms with Gasteiger partial charge in [0.1, 0.15) is 5.82 Å². The molecule has 3 rings (SSSR count). The standard InChI is InChI=1S/C18H17FO/c1-12-6-9-18(20)16-8-7-13(11-14(16)10-12)15-4-2-3-5-17(15)19/h2-5,7-8,11-12H,6,9-10H2,1H3. The summed E-state index contributed by atoms with van der Waals surface area (Å²) in [5.41, 5.74) is 3.32. The number of rotatable bonds is 1. The molecule has 0 bridgehead atoms. The SMILES string of the molecule is CC1CCC(=O)c2ccc(-c3ccccc3F)cc2C1. The van der Waals surface area contributed by atoms with Crippen molar-refractivity contribution in [3.63, 3.8) is 0 Å². The largest absolute Gasteiger partial charge is 0.294 e. The monoisotopic (exact) mass is 268 g/mol. The molecule has 1 unspecified atom stereocenters. The minimum Gasteiger partial charge on any atom is -0.294 e. The van der Waals surface area contributed by atoms with Crippen molar-refractivity contribution in [1.29, 1.82) is 0 Å². The fourth-order valence-electron chi connectivity index (χ4n) is 2.89. The third kappa shape index (κ3) is 2.38. The van der Waals surface area contributed by atoms with E-state index in [-0.39, 0.29) is 11.6 Å². The molecule has 0 fully saturated rings. The fraction of sp³-hybridized carbons (Fsp3) is 0.278. The first-order valence-corrected chi connectivity index (χ1v) is 7.06. The Balaban J connectivity index is 2.09. The Hall–Kier alpha value is -1.96. The second-order valence-corrected chi connectivity index (χ2v) is 5.62. The molecule has 0 aromatic heterocycles. The van der Waals surface area contributed by atoms with Crippen molar-refractivity contribution >= 4 is 5.78 Å². The number of benzene rings is 2. The second kappa shape index (κ2) is 5.20. The summed E-state index contributed by atoms with van der Waals surface area (Å²) in [4.78, 5) is 12.1. The van der Waals surface area contributed by atoms with E-state index < -0.39 is 0 Å². The highest BCUT2D eigenvalue weighted by Gasteiger charge is 2.20. The van der Waals surface area contributed by atoms with Crippen LogP contribution in [0.2, 0.25) is 0 Å². The van der Waals surface area contributed by atoms with E-state index in [0.29, 0.717) is 17.9 Å². The van der Waals surface area contributed by atoms with Gasteiger partial charge in [-0.1, -0.05) is 43.3 Å². The minimum absolute atomic E-state index is 0.212. The Morgan fingerprint density at radius 1 is 1.10 bits per heavy atom. The fourth-order valence-corrected chi connectivity index (χ4v) is 2.89. The first-order chi connectivity index (χ1) is 9.65. The van der Waals surface area contributed by atoms with Gasteiger partial charge < -0.3 is 0 Å². The lowest BCUT2D eigenvalue weighted by atomic mass is 9.94. The summed E-state index contributed by atoms with van der Waals surface area (Å²) in [5.74, 6) is 0.487. The molecule has 1 aliphatic carbocycles. The topological polar surface area (TPSA) is 17.1 Å². The highest BCUT2D eigenvalue weighted by molar-refractivity contribution is 5.98. The van der Waals surface area contributed by atoms with Gasteiger partial charge in [0.05, 0.1) is 0 Å². The van der Waals surface area contributed by atoms with Gasteiger partial charge in [0.15, 0.2) is 5.78 Å². The zero-order valence-electron chi connectivity index (χ0n) is 11.5.